The summed E-state index contributed by atoms with van der Waals surface area (Å²) in [7, 11) is 0. The highest BCUT2D eigenvalue weighted by molar-refractivity contribution is 6.17. The number of alkyl halides is 1. The highest BCUT2D eigenvalue weighted by atomic mass is 35.5. The summed E-state index contributed by atoms with van der Waals surface area (Å²) in [4.78, 5) is 0. The molecule has 0 unspecified atom stereocenters. The SMILES string of the molecule is Oc1cc(O)cc(/C=C/c2ccc(OCCCCl)cc2)c1. The van der Waals surface area contributed by atoms with E-state index in [4.69, 9.17) is 16.3 Å². The average molecular weight is 305 g/mol. The van der Waals surface area contributed by atoms with Crippen molar-refractivity contribution in [1.82, 2.24) is 0 Å². The lowest BCUT2D eigenvalue weighted by Gasteiger charge is -2.04. The van der Waals surface area contributed by atoms with Crippen molar-refractivity contribution in [2.75, 3.05) is 12.5 Å². The first-order chi connectivity index (χ1) is 10.2. The van der Waals surface area contributed by atoms with Gasteiger partial charge in [-0.25, -0.2) is 0 Å². The monoisotopic (exact) mass is 304 g/mol. The molecule has 0 saturated carbocycles. The predicted molar refractivity (Wildman–Crippen MR) is 86.0 cm³/mol. The van der Waals surface area contributed by atoms with Gasteiger partial charge in [0.05, 0.1) is 6.61 Å². The Morgan fingerprint density at radius 1 is 0.905 bits per heavy atom. The van der Waals surface area contributed by atoms with Crippen LogP contribution in [-0.4, -0.2) is 22.7 Å². The van der Waals surface area contributed by atoms with E-state index in [-0.39, 0.29) is 11.5 Å². The zero-order chi connectivity index (χ0) is 15.1. The minimum Gasteiger partial charge on any atom is -0.508 e. The standard InChI is InChI=1S/C17H17ClO3/c18-8-1-9-21-17-6-4-13(5-7-17)2-3-14-10-15(19)12-16(20)11-14/h2-7,10-12,19-20H,1,8-9H2/b3-2+. The highest BCUT2D eigenvalue weighted by Crippen LogP contribution is 2.22. The fraction of sp³-hybridized carbons (Fsp3) is 0.176. The topological polar surface area (TPSA) is 49.7 Å². The smallest absolute Gasteiger partial charge is 0.119 e. The molecular weight excluding hydrogens is 288 g/mol. The predicted octanol–water partition coefficient (Wildman–Crippen LogP) is 4.28. The first-order valence-electron chi connectivity index (χ1n) is 6.67. The number of hydrogen-bond donors (Lipinski definition) is 2. The molecule has 2 aromatic carbocycles. The minimum absolute atomic E-state index is 0.0395. The van der Waals surface area contributed by atoms with E-state index in [1.807, 2.05) is 36.4 Å². The van der Waals surface area contributed by atoms with E-state index in [0.717, 1.165) is 23.3 Å². The molecule has 4 heteroatoms. The van der Waals surface area contributed by atoms with Gasteiger partial charge in [0.1, 0.15) is 17.2 Å². The van der Waals surface area contributed by atoms with Crippen LogP contribution in [0.3, 0.4) is 0 Å². The van der Waals surface area contributed by atoms with Gasteiger partial charge in [0.25, 0.3) is 0 Å². The third kappa shape index (κ3) is 5.04. The second-order valence-electron chi connectivity index (χ2n) is 4.58. The summed E-state index contributed by atoms with van der Waals surface area (Å²) in [6, 6.07) is 12.1. The first-order valence-corrected chi connectivity index (χ1v) is 7.21. The van der Waals surface area contributed by atoms with Gasteiger partial charge in [0, 0.05) is 11.9 Å². The van der Waals surface area contributed by atoms with Crippen LogP contribution in [0, 0.1) is 0 Å². The molecule has 3 nitrogen and oxygen atoms in total. The van der Waals surface area contributed by atoms with Crippen molar-refractivity contribution < 1.29 is 14.9 Å². The van der Waals surface area contributed by atoms with Crippen LogP contribution in [0.4, 0.5) is 0 Å². The molecule has 2 N–H and O–H groups in total. The molecule has 0 aliphatic rings. The fourth-order valence-corrected chi connectivity index (χ4v) is 1.94. The van der Waals surface area contributed by atoms with Crippen molar-refractivity contribution >= 4 is 23.8 Å². The highest BCUT2D eigenvalue weighted by Gasteiger charge is 1.97. The third-order valence-electron chi connectivity index (χ3n) is 2.82. The number of hydrogen-bond acceptors (Lipinski definition) is 3. The van der Waals surface area contributed by atoms with E-state index >= 15 is 0 Å². The van der Waals surface area contributed by atoms with Crippen LogP contribution in [0.25, 0.3) is 12.2 Å². The fourth-order valence-electron chi connectivity index (χ4n) is 1.83. The van der Waals surface area contributed by atoms with E-state index in [1.54, 1.807) is 12.1 Å². The summed E-state index contributed by atoms with van der Waals surface area (Å²) in [5.41, 5.74) is 1.73. The Kier molecular flexibility index (Phi) is 5.52. The normalized spacial score (nSPS) is 10.9. The van der Waals surface area contributed by atoms with Gasteiger partial charge in [-0.1, -0.05) is 24.3 Å². The Morgan fingerprint density at radius 2 is 1.52 bits per heavy atom. The maximum atomic E-state index is 9.41. The molecule has 0 aliphatic heterocycles. The van der Waals surface area contributed by atoms with Gasteiger partial charge < -0.3 is 14.9 Å². The van der Waals surface area contributed by atoms with Crippen LogP contribution in [0.5, 0.6) is 17.2 Å². The minimum atomic E-state index is 0.0395. The summed E-state index contributed by atoms with van der Waals surface area (Å²) in [5, 5.41) is 18.8. The van der Waals surface area contributed by atoms with E-state index < -0.39 is 0 Å². The molecule has 0 amide bonds. The lowest BCUT2D eigenvalue weighted by molar-refractivity contribution is 0.318. The molecule has 0 radical (unpaired) electrons. The van der Waals surface area contributed by atoms with E-state index in [1.165, 1.54) is 6.07 Å². The van der Waals surface area contributed by atoms with Crippen LogP contribution in [0.1, 0.15) is 17.5 Å². The van der Waals surface area contributed by atoms with Crippen LogP contribution in [-0.2, 0) is 0 Å². The zero-order valence-electron chi connectivity index (χ0n) is 11.5. The summed E-state index contributed by atoms with van der Waals surface area (Å²) < 4.78 is 5.52. The quantitative estimate of drug-likeness (QED) is 0.476. The second-order valence-corrected chi connectivity index (χ2v) is 4.95. The summed E-state index contributed by atoms with van der Waals surface area (Å²) in [5.74, 6) is 1.49. The number of ether oxygens (including phenoxy) is 1. The largest absolute Gasteiger partial charge is 0.508 e. The number of benzene rings is 2. The summed E-state index contributed by atoms with van der Waals surface area (Å²) in [6.45, 7) is 0.612. The summed E-state index contributed by atoms with van der Waals surface area (Å²) >= 11 is 5.59. The molecule has 0 heterocycles. The van der Waals surface area contributed by atoms with E-state index in [2.05, 4.69) is 0 Å². The zero-order valence-corrected chi connectivity index (χ0v) is 12.3. The van der Waals surface area contributed by atoms with Gasteiger partial charge in [-0.05, 0) is 41.8 Å². The molecule has 110 valence electrons. The van der Waals surface area contributed by atoms with Gasteiger partial charge in [-0.2, -0.15) is 0 Å². The first kappa shape index (κ1) is 15.3. The van der Waals surface area contributed by atoms with Gasteiger partial charge in [0.2, 0.25) is 0 Å². The molecule has 2 rings (SSSR count). The Hall–Kier alpha value is -2.13. The van der Waals surface area contributed by atoms with Gasteiger partial charge in [0.15, 0.2) is 0 Å². The van der Waals surface area contributed by atoms with Crippen molar-refractivity contribution in [2.24, 2.45) is 0 Å². The molecule has 0 spiro atoms. The number of aromatic hydroxyl groups is 2. The van der Waals surface area contributed by atoms with E-state index in [9.17, 15) is 10.2 Å². The van der Waals surface area contributed by atoms with Crippen molar-refractivity contribution in [3.63, 3.8) is 0 Å². The maximum Gasteiger partial charge on any atom is 0.119 e. The summed E-state index contributed by atoms with van der Waals surface area (Å²) in [6.07, 6.45) is 4.55. The van der Waals surface area contributed by atoms with Crippen LogP contribution in [0.15, 0.2) is 42.5 Å². The lowest BCUT2D eigenvalue weighted by atomic mass is 10.1. The molecule has 21 heavy (non-hydrogen) atoms. The van der Waals surface area contributed by atoms with Crippen molar-refractivity contribution in [2.45, 2.75) is 6.42 Å². The van der Waals surface area contributed by atoms with E-state index in [0.29, 0.717) is 12.5 Å². The number of phenols is 2. The molecule has 2 aromatic rings. The molecule has 0 bridgehead atoms. The molecule has 0 aliphatic carbocycles. The van der Waals surface area contributed by atoms with Crippen molar-refractivity contribution in [3.05, 3.63) is 53.6 Å². The number of halogens is 1. The Balaban J connectivity index is 2.00. The molecule has 0 aromatic heterocycles. The van der Waals surface area contributed by atoms with Crippen molar-refractivity contribution in [3.8, 4) is 17.2 Å². The second kappa shape index (κ2) is 7.60. The van der Waals surface area contributed by atoms with Gasteiger partial charge in [-0.3, -0.25) is 0 Å². The molecular formula is C17H17ClO3. The van der Waals surface area contributed by atoms with Gasteiger partial charge in [-0.15, -0.1) is 11.6 Å². The third-order valence-corrected chi connectivity index (χ3v) is 3.09. The lowest BCUT2D eigenvalue weighted by Crippen LogP contribution is -1.97. The Morgan fingerprint density at radius 3 is 2.14 bits per heavy atom. The van der Waals surface area contributed by atoms with Crippen LogP contribution < -0.4 is 4.74 Å². The van der Waals surface area contributed by atoms with Crippen LogP contribution in [0.2, 0.25) is 0 Å². The van der Waals surface area contributed by atoms with Crippen molar-refractivity contribution in [1.29, 1.82) is 0 Å². The Bertz CT molecular complexity index is 586. The molecule has 0 fully saturated rings. The number of phenolic OH excluding ortho intramolecular Hbond substituents is 2. The molecule has 0 saturated heterocycles. The Labute approximate surface area is 129 Å². The average Bonchev–Trinajstić information content (AvgIpc) is 2.46. The number of rotatable bonds is 6. The molecule has 0 atom stereocenters. The maximum absolute atomic E-state index is 9.41. The van der Waals surface area contributed by atoms with Crippen LogP contribution >= 0.6 is 11.6 Å². The van der Waals surface area contributed by atoms with Gasteiger partial charge >= 0.3 is 0 Å².